The molecule has 0 amide bonds. The summed E-state index contributed by atoms with van der Waals surface area (Å²) in [6.07, 6.45) is 9.73. The highest BCUT2D eigenvalue weighted by Crippen LogP contribution is 2.13. The summed E-state index contributed by atoms with van der Waals surface area (Å²) in [6, 6.07) is 0. The summed E-state index contributed by atoms with van der Waals surface area (Å²) in [7, 11) is 0. The molecule has 0 saturated heterocycles. The van der Waals surface area contributed by atoms with E-state index in [-0.39, 0.29) is 0 Å². The number of nitrogens with zero attached hydrogens (tertiary/aromatic N) is 2. The van der Waals surface area contributed by atoms with E-state index < -0.39 is 0 Å². The Balaban J connectivity index is 2.46. The number of aromatic nitrogens is 2. The Bertz CT molecular complexity index is 232. The molecule has 0 aromatic carbocycles. The minimum Gasteiger partial charge on any atom is -0.473 e. The van der Waals surface area contributed by atoms with E-state index in [0.717, 1.165) is 25.7 Å². The number of hydrogen-bond acceptors (Lipinski definition) is 3. The first kappa shape index (κ1) is 11.0. The van der Waals surface area contributed by atoms with Crippen LogP contribution in [0.2, 0.25) is 0 Å². The lowest BCUT2D eigenvalue weighted by molar-refractivity contribution is 0.170. The Labute approximate surface area is 85.5 Å². The summed E-state index contributed by atoms with van der Waals surface area (Å²) >= 11 is 0. The van der Waals surface area contributed by atoms with Crippen LogP contribution in [0.5, 0.6) is 5.88 Å². The molecule has 0 fully saturated rings. The van der Waals surface area contributed by atoms with Crippen molar-refractivity contribution >= 4 is 0 Å². The molecule has 0 aliphatic heterocycles. The van der Waals surface area contributed by atoms with E-state index in [1.165, 1.54) is 0 Å². The lowest BCUT2D eigenvalue weighted by atomic mass is 10.1. The van der Waals surface area contributed by atoms with Crippen molar-refractivity contribution < 1.29 is 4.74 Å². The van der Waals surface area contributed by atoms with Crippen LogP contribution >= 0.6 is 0 Å². The molecule has 14 heavy (non-hydrogen) atoms. The second-order valence-electron chi connectivity index (χ2n) is 3.36. The van der Waals surface area contributed by atoms with Gasteiger partial charge in [0.25, 0.3) is 0 Å². The van der Waals surface area contributed by atoms with Gasteiger partial charge < -0.3 is 4.74 Å². The molecule has 0 radical (unpaired) electrons. The molecule has 0 saturated carbocycles. The van der Waals surface area contributed by atoms with Crippen LogP contribution in [0.4, 0.5) is 0 Å². The van der Waals surface area contributed by atoms with Gasteiger partial charge in [-0.05, 0) is 12.8 Å². The molecular formula is C11H18N2O. The SMILES string of the molecule is CCCC(CCC)Oc1cnccn1. The normalized spacial score (nSPS) is 10.5. The Hall–Kier alpha value is -1.12. The molecule has 0 N–H and O–H groups in total. The van der Waals surface area contributed by atoms with Gasteiger partial charge in [0.05, 0.1) is 6.20 Å². The fourth-order valence-electron chi connectivity index (χ4n) is 1.42. The van der Waals surface area contributed by atoms with Crippen molar-refractivity contribution in [3.63, 3.8) is 0 Å². The fourth-order valence-corrected chi connectivity index (χ4v) is 1.42. The minimum atomic E-state index is 0.293. The van der Waals surface area contributed by atoms with Crippen LogP contribution in [-0.2, 0) is 0 Å². The van der Waals surface area contributed by atoms with Gasteiger partial charge in [-0.15, -0.1) is 0 Å². The maximum Gasteiger partial charge on any atom is 0.232 e. The Kier molecular flexibility index (Phi) is 4.97. The maximum absolute atomic E-state index is 5.72. The molecule has 1 rings (SSSR count). The predicted molar refractivity (Wildman–Crippen MR) is 56.3 cm³/mol. The molecular weight excluding hydrogens is 176 g/mol. The van der Waals surface area contributed by atoms with Crippen molar-refractivity contribution in [3.05, 3.63) is 18.6 Å². The highest BCUT2D eigenvalue weighted by molar-refractivity contribution is 5.01. The summed E-state index contributed by atoms with van der Waals surface area (Å²) in [5.41, 5.74) is 0. The van der Waals surface area contributed by atoms with Gasteiger partial charge >= 0.3 is 0 Å². The van der Waals surface area contributed by atoms with Crippen LogP contribution in [-0.4, -0.2) is 16.1 Å². The van der Waals surface area contributed by atoms with E-state index in [1.54, 1.807) is 18.6 Å². The average Bonchev–Trinajstić information content (AvgIpc) is 2.20. The van der Waals surface area contributed by atoms with Gasteiger partial charge in [-0.1, -0.05) is 26.7 Å². The molecule has 0 aliphatic carbocycles. The van der Waals surface area contributed by atoms with Gasteiger partial charge in [0.2, 0.25) is 5.88 Å². The third-order valence-corrected chi connectivity index (χ3v) is 2.05. The van der Waals surface area contributed by atoms with Crippen molar-refractivity contribution in [1.82, 2.24) is 9.97 Å². The zero-order valence-corrected chi connectivity index (χ0v) is 8.94. The van der Waals surface area contributed by atoms with E-state index in [9.17, 15) is 0 Å². The Morgan fingerprint density at radius 1 is 1.21 bits per heavy atom. The first-order valence-electron chi connectivity index (χ1n) is 5.29. The van der Waals surface area contributed by atoms with E-state index in [2.05, 4.69) is 23.8 Å². The molecule has 1 heterocycles. The second-order valence-corrected chi connectivity index (χ2v) is 3.36. The summed E-state index contributed by atoms with van der Waals surface area (Å²) < 4.78 is 5.72. The van der Waals surface area contributed by atoms with Crippen molar-refractivity contribution in [1.29, 1.82) is 0 Å². The van der Waals surface area contributed by atoms with Gasteiger partial charge in [0, 0.05) is 12.4 Å². The fraction of sp³-hybridized carbons (Fsp3) is 0.636. The summed E-state index contributed by atoms with van der Waals surface area (Å²) in [5, 5.41) is 0. The zero-order chi connectivity index (χ0) is 10.2. The largest absolute Gasteiger partial charge is 0.473 e. The third-order valence-electron chi connectivity index (χ3n) is 2.05. The highest BCUT2D eigenvalue weighted by Gasteiger charge is 2.08. The lowest BCUT2D eigenvalue weighted by Gasteiger charge is -2.16. The topological polar surface area (TPSA) is 35.0 Å². The first-order valence-corrected chi connectivity index (χ1v) is 5.29. The van der Waals surface area contributed by atoms with E-state index in [0.29, 0.717) is 12.0 Å². The first-order chi connectivity index (χ1) is 6.86. The van der Waals surface area contributed by atoms with Crippen molar-refractivity contribution in [2.75, 3.05) is 0 Å². The Morgan fingerprint density at radius 3 is 2.43 bits per heavy atom. The maximum atomic E-state index is 5.72. The monoisotopic (exact) mass is 194 g/mol. The standard InChI is InChI=1S/C11H18N2O/c1-3-5-10(6-4-2)14-11-9-12-7-8-13-11/h7-10H,3-6H2,1-2H3. The van der Waals surface area contributed by atoms with Crippen molar-refractivity contribution in [2.45, 2.75) is 45.6 Å². The highest BCUT2D eigenvalue weighted by atomic mass is 16.5. The van der Waals surface area contributed by atoms with Gasteiger partial charge in [0.15, 0.2) is 0 Å². The van der Waals surface area contributed by atoms with Crippen molar-refractivity contribution in [2.24, 2.45) is 0 Å². The number of ether oxygens (including phenoxy) is 1. The molecule has 0 bridgehead atoms. The van der Waals surface area contributed by atoms with Crippen molar-refractivity contribution in [3.8, 4) is 5.88 Å². The molecule has 3 heteroatoms. The number of rotatable bonds is 6. The van der Waals surface area contributed by atoms with Crippen LogP contribution in [0, 0.1) is 0 Å². The van der Waals surface area contributed by atoms with Gasteiger partial charge in [-0.25, -0.2) is 4.98 Å². The summed E-state index contributed by atoms with van der Waals surface area (Å²) in [4.78, 5) is 8.07. The van der Waals surface area contributed by atoms with Gasteiger partial charge in [-0.2, -0.15) is 0 Å². The van der Waals surface area contributed by atoms with E-state index in [4.69, 9.17) is 4.74 Å². The molecule has 0 atom stereocenters. The van der Waals surface area contributed by atoms with Crippen LogP contribution in [0.1, 0.15) is 39.5 Å². The van der Waals surface area contributed by atoms with Crippen LogP contribution < -0.4 is 4.74 Å². The zero-order valence-electron chi connectivity index (χ0n) is 8.94. The average molecular weight is 194 g/mol. The molecule has 3 nitrogen and oxygen atoms in total. The quantitative estimate of drug-likeness (QED) is 0.698. The lowest BCUT2D eigenvalue weighted by Crippen LogP contribution is -2.16. The number of hydrogen-bond donors (Lipinski definition) is 0. The molecule has 78 valence electrons. The predicted octanol–water partition coefficient (Wildman–Crippen LogP) is 2.82. The van der Waals surface area contributed by atoms with Crippen LogP contribution in [0.15, 0.2) is 18.6 Å². The minimum absolute atomic E-state index is 0.293. The van der Waals surface area contributed by atoms with Crippen LogP contribution in [0.3, 0.4) is 0 Å². The van der Waals surface area contributed by atoms with Gasteiger partial charge in [-0.3, -0.25) is 4.98 Å². The van der Waals surface area contributed by atoms with E-state index in [1.807, 2.05) is 0 Å². The molecule has 0 spiro atoms. The Morgan fingerprint density at radius 2 is 1.93 bits per heavy atom. The van der Waals surface area contributed by atoms with Gasteiger partial charge in [0.1, 0.15) is 6.10 Å². The summed E-state index contributed by atoms with van der Waals surface area (Å²) in [5.74, 6) is 0.638. The smallest absolute Gasteiger partial charge is 0.232 e. The molecule has 0 aliphatic rings. The van der Waals surface area contributed by atoms with E-state index >= 15 is 0 Å². The molecule has 1 aromatic heterocycles. The molecule has 1 aromatic rings. The third kappa shape index (κ3) is 3.73. The second kappa shape index (κ2) is 6.35. The molecule has 0 unspecified atom stereocenters. The van der Waals surface area contributed by atoms with Crippen LogP contribution in [0.25, 0.3) is 0 Å². The summed E-state index contributed by atoms with van der Waals surface area (Å²) in [6.45, 7) is 4.34.